The van der Waals surface area contributed by atoms with Gasteiger partial charge in [0.25, 0.3) is 0 Å². The normalized spacial score (nSPS) is 12.9. The van der Waals surface area contributed by atoms with Gasteiger partial charge in [0.2, 0.25) is 5.16 Å². The summed E-state index contributed by atoms with van der Waals surface area (Å²) >= 11 is 1.60. The Labute approximate surface area is 161 Å². The Hall–Kier alpha value is -3.00. The van der Waals surface area contributed by atoms with Gasteiger partial charge < -0.3 is 14.2 Å². The fourth-order valence-corrected chi connectivity index (χ4v) is 3.72. The average molecular weight is 382 g/mol. The molecule has 0 unspecified atom stereocenters. The van der Waals surface area contributed by atoms with Gasteiger partial charge in [-0.25, -0.2) is 0 Å². The molecule has 0 N–H and O–H groups in total. The number of hydrogen-bond acceptors (Lipinski definition) is 7. The van der Waals surface area contributed by atoms with Gasteiger partial charge in [-0.3, -0.25) is 0 Å². The van der Waals surface area contributed by atoms with Crippen LogP contribution < -0.4 is 14.2 Å². The summed E-state index contributed by atoms with van der Waals surface area (Å²) < 4.78 is 17.9. The van der Waals surface area contributed by atoms with Crippen LogP contribution in [0.25, 0.3) is 11.4 Å². The van der Waals surface area contributed by atoms with Gasteiger partial charge in [0.15, 0.2) is 17.3 Å². The Balaban J connectivity index is 1.79. The minimum atomic E-state index is 0.604. The number of methoxy groups -OCH3 is 3. The second kappa shape index (κ2) is 7.32. The summed E-state index contributed by atoms with van der Waals surface area (Å²) in [6.45, 7) is 0. The standard InChI is InChI=1S/C19H18N4O3S/c1-24-13-9-7-12(8-10-13)15-11-27-19-21-20-18(23(19)22-15)14-5-4-6-16(25-2)17(14)26-3/h4-10H,11H2,1-3H3. The van der Waals surface area contributed by atoms with E-state index in [1.54, 1.807) is 37.8 Å². The van der Waals surface area contributed by atoms with Gasteiger partial charge in [0, 0.05) is 5.75 Å². The summed E-state index contributed by atoms with van der Waals surface area (Å²) in [4.78, 5) is 0. The third-order valence-electron chi connectivity index (χ3n) is 4.24. The van der Waals surface area contributed by atoms with Crippen LogP contribution in [0.3, 0.4) is 0 Å². The quantitative estimate of drug-likeness (QED) is 0.674. The number of fused-ring (bicyclic) bond motifs is 1. The maximum Gasteiger partial charge on any atom is 0.212 e. The molecule has 0 fully saturated rings. The highest BCUT2D eigenvalue weighted by atomic mass is 32.2. The van der Waals surface area contributed by atoms with Crippen molar-refractivity contribution in [1.82, 2.24) is 14.9 Å². The molecule has 0 amide bonds. The smallest absolute Gasteiger partial charge is 0.212 e. The summed E-state index contributed by atoms with van der Waals surface area (Å²) in [7, 11) is 4.87. The summed E-state index contributed by atoms with van der Waals surface area (Å²) in [6, 6.07) is 13.5. The zero-order chi connectivity index (χ0) is 18.8. The zero-order valence-electron chi connectivity index (χ0n) is 15.2. The lowest BCUT2D eigenvalue weighted by Crippen LogP contribution is -2.13. The van der Waals surface area contributed by atoms with E-state index < -0.39 is 0 Å². The van der Waals surface area contributed by atoms with Crippen molar-refractivity contribution in [2.45, 2.75) is 5.16 Å². The minimum Gasteiger partial charge on any atom is -0.497 e. The van der Waals surface area contributed by atoms with E-state index in [0.29, 0.717) is 17.3 Å². The lowest BCUT2D eigenvalue weighted by molar-refractivity contribution is 0.356. The van der Waals surface area contributed by atoms with Crippen LogP contribution in [0.1, 0.15) is 5.56 Å². The Kier molecular flexibility index (Phi) is 4.72. The number of para-hydroxylation sites is 1. The molecule has 138 valence electrons. The second-order valence-electron chi connectivity index (χ2n) is 5.72. The Morgan fingerprint density at radius 1 is 0.926 bits per heavy atom. The largest absolute Gasteiger partial charge is 0.497 e. The Bertz CT molecular complexity index is 999. The minimum absolute atomic E-state index is 0.604. The second-order valence-corrected chi connectivity index (χ2v) is 6.67. The van der Waals surface area contributed by atoms with Crippen LogP contribution in [0.2, 0.25) is 0 Å². The van der Waals surface area contributed by atoms with Crippen LogP contribution in [0.15, 0.2) is 52.7 Å². The average Bonchev–Trinajstić information content (AvgIpc) is 3.16. The first-order chi connectivity index (χ1) is 13.2. The van der Waals surface area contributed by atoms with Gasteiger partial charge in [-0.15, -0.1) is 10.2 Å². The Morgan fingerprint density at radius 2 is 1.74 bits per heavy atom. The molecule has 0 radical (unpaired) electrons. The fraction of sp³-hybridized carbons (Fsp3) is 0.211. The van der Waals surface area contributed by atoms with E-state index >= 15 is 0 Å². The molecule has 0 bridgehead atoms. The highest BCUT2D eigenvalue weighted by Gasteiger charge is 2.23. The highest BCUT2D eigenvalue weighted by molar-refractivity contribution is 7.99. The maximum atomic E-state index is 5.54. The van der Waals surface area contributed by atoms with Crippen molar-refractivity contribution in [2.75, 3.05) is 27.1 Å². The number of thioether (sulfide) groups is 1. The van der Waals surface area contributed by atoms with Crippen LogP contribution in [-0.2, 0) is 0 Å². The molecule has 27 heavy (non-hydrogen) atoms. The molecule has 8 heteroatoms. The molecule has 0 saturated heterocycles. The van der Waals surface area contributed by atoms with Gasteiger partial charge in [-0.1, -0.05) is 17.8 Å². The van der Waals surface area contributed by atoms with E-state index in [1.165, 1.54) is 0 Å². The van der Waals surface area contributed by atoms with Crippen molar-refractivity contribution < 1.29 is 14.2 Å². The van der Waals surface area contributed by atoms with E-state index in [1.807, 2.05) is 42.5 Å². The van der Waals surface area contributed by atoms with E-state index in [4.69, 9.17) is 19.3 Å². The van der Waals surface area contributed by atoms with Gasteiger partial charge in [-0.2, -0.15) is 9.78 Å². The summed E-state index contributed by atoms with van der Waals surface area (Å²) in [6.07, 6.45) is 0. The van der Waals surface area contributed by atoms with Crippen molar-refractivity contribution in [2.24, 2.45) is 5.10 Å². The van der Waals surface area contributed by atoms with Crippen molar-refractivity contribution in [3.63, 3.8) is 0 Å². The SMILES string of the molecule is COc1ccc(C2=Nn3c(nnc3-c3cccc(OC)c3OC)SC2)cc1. The molecule has 1 aromatic heterocycles. The zero-order valence-corrected chi connectivity index (χ0v) is 16.0. The molecule has 1 aliphatic rings. The number of hydrogen-bond donors (Lipinski definition) is 0. The van der Waals surface area contributed by atoms with Crippen molar-refractivity contribution in [3.05, 3.63) is 48.0 Å². The third-order valence-corrected chi connectivity index (χ3v) is 5.17. The molecule has 2 aromatic carbocycles. The lowest BCUT2D eigenvalue weighted by atomic mass is 10.1. The van der Waals surface area contributed by atoms with Crippen molar-refractivity contribution in [1.29, 1.82) is 0 Å². The van der Waals surface area contributed by atoms with E-state index in [2.05, 4.69) is 10.2 Å². The number of rotatable bonds is 5. The van der Waals surface area contributed by atoms with Crippen LogP contribution in [0.5, 0.6) is 17.2 Å². The van der Waals surface area contributed by atoms with E-state index in [9.17, 15) is 0 Å². The van der Waals surface area contributed by atoms with Gasteiger partial charge in [0.1, 0.15) is 5.75 Å². The summed E-state index contributed by atoms with van der Waals surface area (Å²) in [5, 5.41) is 14.1. The molecule has 7 nitrogen and oxygen atoms in total. The molecule has 0 spiro atoms. The monoisotopic (exact) mass is 382 g/mol. The van der Waals surface area contributed by atoms with Gasteiger partial charge >= 0.3 is 0 Å². The predicted octanol–water partition coefficient (Wildman–Crippen LogP) is 3.33. The van der Waals surface area contributed by atoms with Crippen molar-refractivity contribution >= 4 is 17.5 Å². The maximum absolute atomic E-state index is 5.54. The molecule has 1 aliphatic heterocycles. The van der Waals surface area contributed by atoms with Crippen LogP contribution in [0.4, 0.5) is 0 Å². The molecule has 0 aliphatic carbocycles. The molecular weight excluding hydrogens is 364 g/mol. The first kappa shape index (κ1) is 17.4. The lowest BCUT2D eigenvalue weighted by Gasteiger charge is -2.16. The predicted molar refractivity (Wildman–Crippen MR) is 104 cm³/mol. The van der Waals surface area contributed by atoms with Crippen LogP contribution >= 0.6 is 11.8 Å². The first-order valence-electron chi connectivity index (χ1n) is 8.27. The number of benzene rings is 2. The van der Waals surface area contributed by atoms with Crippen molar-refractivity contribution in [3.8, 4) is 28.6 Å². The highest BCUT2D eigenvalue weighted by Crippen LogP contribution is 2.38. The van der Waals surface area contributed by atoms with E-state index in [0.717, 1.165) is 33.5 Å². The molecule has 4 rings (SSSR count). The first-order valence-corrected chi connectivity index (χ1v) is 9.25. The molecule has 2 heterocycles. The Morgan fingerprint density at radius 3 is 2.44 bits per heavy atom. The number of nitrogens with zero attached hydrogens (tertiary/aromatic N) is 4. The topological polar surface area (TPSA) is 70.8 Å². The molecule has 3 aromatic rings. The van der Waals surface area contributed by atoms with Crippen LogP contribution in [0, 0.1) is 0 Å². The van der Waals surface area contributed by atoms with Gasteiger partial charge in [0.05, 0.1) is 32.6 Å². The molecule has 0 atom stereocenters. The summed E-state index contributed by atoms with van der Waals surface area (Å²) in [5.74, 6) is 3.38. The van der Waals surface area contributed by atoms with Gasteiger partial charge in [-0.05, 0) is 42.0 Å². The molecular formula is C19H18N4O3S. The van der Waals surface area contributed by atoms with Crippen LogP contribution in [-0.4, -0.2) is 47.7 Å². The summed E-state index contributed by atoms with van der Waals surface area (Å²) in [5.41, 5.74) is 2.75. The fourth-order valence-electron chi connectivity index (χ4n) is 2.88. The third kappa shape index (κ3) is 3.12. The number of ether oxygens (including phenoxy) is 3. The molecule has 0 saturated carbocycles. The van der Waals surface area contributed by atoms with E-state index in [-0.39, 0.29) is 0 Å². The number of aromatic nitrogens is 3.